The Kier molecular flexibility index (Phi) is 6.02. The molecule has 5 atom stereocenters. The second-order valence-corrected chi connectivity index (χ2v) is 7.54. The molecule has 0 aromatic carbocycles. The summed E-state index contributed by atoms with van der Waals surface area (Å²) in [6.45, 7) is 1.74. The summed E-state index contributed by atoms with van der Waals surface area (Å²) in [7, 11) is 0. The van der Waals surface area contributed by atoms with Gasteiger partial charge in [0.2, 0.25) is 5.95 Å². The van der Waals surface area contributed by atoms with E-state index < -0.39 is 42.8 Å². The third-order valence-electron chi connectivity index (χ3n) is 5.57. The van der Waals surface area contributed by atoms with Gasteiger partial charge in [-0.1, -0.05) is 0 Å². The van der Waals surface area contributed by atoms with Crippen molar-refractivity contribution >= 4 is 17.1 Å². The Hall–Kier alpha value is -2.13. The minimum absolute atomic E-state index is 0.0726. The van der Waals surface area contributed by atoms with E-state index in [0.29, 0.717) is 38.7 Å². The van der Waals surface area contributed by atoms with Crippen molar-refractivity contribution in [1.82, 2.24) is 24.4 Å². The number of nitrogens with zero attached hydrogens (tertiary/aromatic N) is 5. The molecule has 13 heteroatoms. The summed E-state index contributed by atoms with van der Waals surface area (Å²) in [6.07, 6.45) is -4.30. The molecule has 2 fully saturated rings. The van der Waals surface area contributed by atoms with E-state index in [1.54, 1.807) is 0 Å². The highest BCUT2D eigenvalue weighted by Crippen LogP contribution is 2.35. The van der Waals surface area contributed by atoms with E-state index in [4.69, 9.17) is 9.84 Å². The molecule has 0 aliphatic carbocycles. The second-order valence-electron chi connectivity index (χ2n) is 7.54. The Balaban J connectivity index is 1.67. The van der Waals surface area contributed by atoms with Gasteiger partial charge in [0.15, 0.2) is 17.4 Å². The molecule has 2 aromatic rings. The third kappa shape index (κ3) is 3.69. The molecule has 0 radical (unpaired) electrons. The molecule has 4 heterocycles. The van der Waals surface area contributed by atoms with E-state index in [2.05, 4.69) is 15.0 Å². The first-order valence-corrected chi connectivity index (χ1v) is 9.79. The van der Waals surface area contributed by atoms with Crippen molar-refractivity contribution in [2.45, 2.75) is 30.6 Å². The summed E-state index contributed by atoms with van der Waals surface area (Å²) >= 11 is 0. The number of piperazine rings is 1. The summed E-state index contributed by atoms with van der Waals surface area (Å²) in [6, 6.07) is 0. The quantitative estimate of drug-likeness (QED) is 0.267. The number of anilines is 1. The number of β-amino-alcohol motifs (C(OH)–C–C–N with tert-alkyl or cyclic N) is 1. The molecule has 2 aliphatic rings. The van der Waals surface area contributed by atoms with Gasteiger partial charge < -0.3 is 40.2 Å². The maximum absolute atomic E-state index is 12.3. The van der Waals surface area contributed by atoms with Gasteiger partial charge >= 0.3 is 0 Å². The minimum atomic E-state index is -1.35. The lowest BCUT2D eigenvalue weighted by atomic mass is 10.1. The van der Waals surface area contributed by atoms with Crippen molar-refractivity contribution in [1.29, 1.82) is 0 Å². The summed E-state index contributed by atoms with van der Waals surface area (Å²) < 4.78 is 7.15. The highest BCUT2D eigenvalue weighted by atomic mass is 16.6. The van der Waals surface area contributed by atoms with Crippen molar-refractivity contribution in [3.05, 3.63) is 16.7 Å². The van der Waals surface area contributed by atoms with Crippen LogP contribution in [0.3, 0.4) is 0 Å². The Morgan fingerprint density at radius 3 is 2.57 bits per heavy atom. The molecule has 0 bridgehead atoms. The van der Waals surface area contributed by atoms with Gasteiger partial charge in [-0.2, -0.15) is 0 Å². The van der Waals surface area contributed by atoms with E-state index in [1.807, 2.05) is 9.80 Å². The zero-order valence-corrected chi connectivity index (χ0v) is 16.2. The monoisotopic (exact) mass is 426 g/mol. The number of aliphatic hydroxyl groups is 5. The van der Waals surface area contributed by atoms with Crippen LogP contribution in [0.2, 0.25) is 0 Å². The first-order chi connectivity index (χ1) is 14.4. The van der Waals surface area contributed by atoms with Gasteiger partial charge in [0.25, 0.3) is 5.56 Å². The number of H-pyrrole nitrogens is 1. The van der Waals surface area contributed by atoms with Gasteiger partial charge in [0, 0.05) is 32.7 Å². The van der Waals surface area contributed by atoms with E-state index in [-0.39, 0.29) is 17.8 Å². The van der Waals surface area contributed by atoms with Crippen LogP contribution in [-0.2, 0) is 4.74 Å². The predicted molar refractivity (Wildman–Crippen MR) is 103 cm³/mol. The standard InChI is InChI=1S/C17H26N6O7/c24-6-9(26)5-21-1-3-22(4-2-21)17-20-11-14(18-8-19-15(11)29)23(17)16-13(28)12(27)10(7-25)30-16/h8-10,12-13,16,24-28H,1-7H2,(H,18,19,29). The topological polar surface area (TPSA) is 180 Å². The third-order valence-corrected chi connectivity index (χ3v) is 5.57. The molecule has 6 N–H and O–H groups in total. The van der Waals surface area contributed by atoms with Crippen LogP contribution in [0.15, 0.2) is 11.1 Å². The van der Waals surface area contributed by atoms with Crippen molar-refractivity contribution < 1.29 is 30.3 Å². The van der Waals surface area contributed by atoms with Gasteiger partial charge in [-0.3, -0.25) is 14.3 Å². The maximum atomic E-state index is 12.3. The Morgan fingerprint density at radius 1 is 1.20 bits per heavy atom. The molecule has 0 saturated carbocycles. The number of hydrogen-bond acceptors (Lipinski definition) is 11. The lowest BCUT2D eigenvalue weighted by molar-refractivity contribution is -0.0505. The molecule has 4 rings (SSSR count). The molecule has 5 unspecified atom stereocenters. The van der Waals surface area contributed by atoms with Gasteiger partial charge in [-0.15, -0.1) is 0 Å². The van der Waals surface area contributed by atoms with E-state index in [1.165, 1.54) is 10.9 Å². The Labute approximate surface area is 170 Å². The summed E-state index contributed by atoms with van der Waals surface area (Å²) in [5.74, 6) is 0.353. The van der Waals surface area contributed by atoms with Gasteiger partial charge in [-0.05, 0) is 0 Å². The predicted octanol–water partition coefficient (Wildman–Crippen LogP) is -3.79. The first-order valence-electron chi connectivity index (χ1n) is 9.79. The number of ether oxygens (including phenoxy) is 1. The molecule has 0 amide bonds. The number of hydrogen-bond donors (Lipinski definition) is 6. The van der Waals surface area contributed by atoms with Crippen LogP contribution in [0.25, 0.3) is 11.2 Å². The van der Waals surface area contributed by atoms with E-state index in [0.717, 1.165) is 0 Å². The SMILES string of the molecule is O=c1[nH]cnc2c1nc(N1CCN(CC(O)CO)CC1)n2C1OC(CO)C(O)C1O. The molecule has 2 aromatic heterocycles. The fraction of sp³-hybridized carbons (Fsp3) is 0.706. The average Bonchev–Trinajstić information content (AvgIpc) is 3.27. The molecular weight excluding hydrogens is 400 g/mol. The van der Waals surface area contributed by atoms with Crippen molar-refractivity contribution in [2.24, 2.45) is 0 Å². The number of imidazole rings is 1. The van der Waals surface area contributed by atoms with E-state index >= 15 is 0 Å². The van der Waals surface area contributed by atoms with Crippen molar-refractivity contribution in [3.63, 3.8) is 0 Å². The number of rotatable bonds is 6. The number of fused-ring (bicyclic) bond motifs is 1. The molecule has 166 valence electrons. The highest BCUT2D eigenvalue weighted by Gasteiger charge is 2.45. The molecule has 13 nitrogen and oxygen atoms in total. The summed E-state index contributed by atoms with van der Waals surface area (Å²) in [5, 5.41) is 48.8. The van der Waals surface area contributed by atoms with Crippen LogP contribution in [0, 0.1) is 0 Å². The minimum Gasteiger partial charge on any atom is -0.394 e. The number of aliphatic hydroxyl groups excluding tert-OH is 5. The van der Waals surface area contributed by atoms with Gasteiger partial charge in [0.1, 0.15) is 18.3 Å². The van der Waals surface area contributed by atoms with Crippen molar-refractivity contribution in [2.75, 3.05) is 50.8 Å². The number of aromatic nitrogens is 4. The lowest BCUT2D eigenvalue weighted by Crippen LogP contribution is -2.50. The fourth-order valence-corrected chi connectivity index (χ4v) is 3.95. The second kappa shape index (κ2) is 8.55. The summed E-state index contributed by atoms with van der Waals surface area (Å²) in [4.78, 5) is 27.3. The van der Waals surface area contributed by atoms with Crippen LogP contribution in [0.4, 0.5) is 5.95 Å². The highest BCUT2D eigenvalue weighted by molar-refractivity contribution is 5.74. The van der Waals surface area contributed by atoms with Crippen LogP contribution < -0.4 is 10.5 Å². The van der Waals surface area contributed by atoms with Crippen LogP contribution in [-0.4, -0.2) is 120 Å². The number of nitrogens with one attached hydrogen (secondary N) is 1. The normalized spacial score (nSPS) is 29.0. The van der Waals surface area contributed by atoms with Crippen LogP contribution >= 0.6 is 0 Å². The van der Waals surface area contributed by atoms with Gasteiger partial charge in [0.05, 0.1) is 25.6 Å². The van der Waals surface area contributed by atoms with Crippen molar-refractivity contribution in [3.8, 4) is 0 Å². The largest absolute Gasteiger partial charge is 0.394 e. The average molecular weight is 426 g/mol. The van der Waals surface area contributed by atoms with E-state index in [9.17, 15) is 25.2 Å². The fourth-order valence-electron chi connectivity index (χ4n) is 3.95. The Bertz CT molecular complexity index is 927. The Morgan fingerprint density at radius 2 is 1.93 bits per heavy atom. The van der Waals surface area contributed by atoms with Crippen LogP contribution in [0.1, 0.15) is 6.23 Å². The molecule has 2 saturated heterocycles. The zero-order valence-electron chi connectivity index (χ0n) is 16.2. The maximum Gasteiger partial charge on any atom is 0.278 e. The lowest BCUT2D eigenvalue weighted by Gasteiger charge is -2.36. The zero-order chi connectivity index (χ0) is 21.4. The summed E-state index contributed by atoms with van der Waals surface area (Å²) in [5.41, 5.74) is -0.179. The first kappa shape index (κ1) is 21.1. The molecule has 30 heavy (non-hydrogen) atoms. The molecule has 0 spiro atoms. The molecule has 2 aliphatic heterocycles. The van der Waals surface area contributed by atoms with Crippen LogP contribution in [0.5, 0.6) is 0 Å². The molecular formula is C17H26N6O7. The smallest absolute Gasteiger partial charge is 0.278 e. The van der Waals surface area contributed by atoms with Gasteiger partial charge in [-0.25, -0.2) is 9.97 Å². The number of aromatic amines is 1.